The Morgan fingerprint density at radius 3 is 2.75 bits per heavy atom. The molecule has 32 heavy (non-hydrogen) atoms. The molecule has 5 rings (SSSR count). The third kappa shape index (κ3) is 4.03. The molecule has 0 amide bonds. The lowest BCUT2D eigenvalue weighted by Gasteiger charge is -2.25. The van der Waals surface area contributed by atoms with Crippen LogP contribution in [0.1, 0.15) is 12.0 Å². The lowest BCUT2D eigenvalue weighted by atomic mass is 10.1. The van der Waals surface area contributed by atoms with Crippen LogP contribution in [0.25, 0.3) is 22.5 Å². The maximum atomic E-state index is 15.1. The van der Waals surface area contributed by atoms with E-state index in [4.69, 9.17) is 18.9 Å². The van der Waals surface area contributed by atoms with Crippen molar-refractivity contribution in [3.63, 3.8) is 0 Å². The number of hydrogen-bond donors (Lipinski definition) is 0. The molecule has 1 aliphatic rings. The van der Waals surface area contributed by atoms with Gasteiger partial charge < -0.3 is 18.8 Å². The molecule has 6 nitrogen and oxygen atoms in total. The van der Waals surface area contributed by atoms with Gasteiger partial charge in [-0.25, -0.2) is 14.4 Å². The molecule has 2 aromatic heterocycles. The summed E-state index contributed by atoms with van der Waals surface area (Å²) in [5.41, 5.74) is 2.96. The zero-order valence-corrected chi connectivity index (χ0v) is 17.8. The number of anilines is 1. The van der Waals surface area contributed by atoms with Gasteiger partial charge >= 0.3 is 0 Å². The maximum absolute atomic E-state index is 15.1. The van der Waals surface area contributed by atoms with E-state index in [-0.39, 0.29) is 5.92 Å². The van der Waals surface area contributed by atoms with Gasteiger partial charge in [-0.15, -0.1) is 0 Å². The van der Waals surface area contributed by atoms with E-state index in [9.17, 15) is 0 Å². The van der Waals surface area contributed by atoms with Crippen LogP contribution in [-0.4, -0.2) is 36.5 Å². The van der Waals surface area contributed by atoms with Crippen molar-refractivity contribution in [2.45, 2.75) is 19.3 Å². The van der Waals surface area contributed by atoms with Crippen molar-refractivity contribution in [3.8, 4) is 17.3 Å². The van der Waals surface area contributed by atoms with E-state index >= 15 is 4.39 Å². The van der Waals surface area contributed by atoms with Gasteiger partial charge in [-0.3, -0.25) is 0 Å². The molecule has 0 saturated carbocycles. The predicted molar refractivity (Wildman–Crippen MR) is 120 cm³/mol. The molecular weight excluding hydrogens is 409 g/mol. The first-order valence-corrected chi connectivity index (χ1v) is 10.6. The van der Waals surface area contributed by atoms with Crippen molar-refractivity contribution in [2.24, 2.45) is 5.92 Å². The van der Waals surface area contributed by atoms with Gasteiger partial charge in [0.25, 0.3) is 0 Å². The van der Waals surface area contributed by atoms with Gasteiger partial charge in [-0.2, -0.15) is 0 Å². The number of aromatic nitrogens is 2. The molecule has 0 radical (unpaired) electrons. The Hall–Kier alpha value is -3.45. The van der Waals surface area contributed by atoms with Crippen molar-refractivity contribution < 1.29 is 18.3 Å². The second kappa shape index (κ2) is 8.96. The smallest absolute Gasteiger partial charge is 0.245 e. The van der Waals surface area contributed by atoms with Crippen LogP contribution in [0.4, 0.5) is 10.1 Å². The fraction of sp³-hybridized carbons (Fsp3) is 0.280. The molecule has 3 heterocycles. The Kier molecular flexibility index (Phi) is 5.73. The highest BCUT2D eigenvalue weighted by Gasteiger charge is 2.34. The van der Waals surface area contributed by atoms with E-state index in [0.29, 0.717) is 54.7 Å². The molecule has 0 bridgehead atoms. The quantitative estimate of drug-likeness (QED) is 0.372. The molecule has 0 N–H and O–H groups in total. The number of benzene rings is 2. The number of alkyl halides is 1. The largest absolute Gasteiger partial charge is 0.484 e. The number of hydrogen-bond acceptors (Lipinski definition) is 6. The minimum absolute atomic E-state index is 0.124. The SMILES string of the molecule is COCC1CC(F)N(c2ccc3ccc(-c4ncco4)nc3c2OCc2ccccc2)C1. The zero-order chi connectivity index (χ0) is 21.9. The van der Waals surface area contributed by atoms with Crippen LogP contribution >= 0.6 is 0 Å². The number of oxazole rings is 1. The monoisotopic (exact) mass is 433 g/mol. The lowest BCUT2D eigenvalue weighted by Crippen LogP contribution is -2.27. The van der Waals surface area contributed by atoms with Crippen LogP contribution in [-0.2, 0) is 11.3 Å². The lowest BCUT2D eigenvalue weighted by molar-refractivity contribution is 0.155. The average Bonchev–Trinajstić information content (AvgIpc) is 3.48. The van der Waals surface area contributed by atoms with Gasteiger partial charge in [0, 0.05) is 31.4 Å². The van der Waals surface area contributed by atoms with E-state index in [1.165, 1.54) is 6.26 Å². The van der Waals surface area contributed by atoms with E-state index in [1.807, 2.05) is 54.6 Å². The summed E-state index contributed by atoms with van der Waals surface area (Å²) < 4.78 is 32.1. The zero-order valence-electron chi connectivity index (χ0n) is 17.8. The predicted octanol–water partition coefficient (Wildman–Crippen LogP) is 5.24. The second-order valence-electron chi connectivity index (χ2n) is 7.94. The molecule has 0 aliphatic carbocycles. The van der Waals surface area contributed by atoms with Gasteiger partial charge in [0.2, 0.25) is 5.89 Å². The van der Waals surface area contributed by atoms with Crippen molar-refractivity contribution in [1.82, 2.24) is 9.97 Å². The van der Waals surface area contributed by atoms with E-state index in [2.05, 4.69) is 4.98 Å². The standard InChI is InChI=1S/C25H24FN3O3/c1-30-15-18-13-22(26)29(14-18)21-10-8-19-7-9-20(25-27-11-12-31-25)28-23(19)24(21)32-16-17-5-3-2-4-6-17/h2-12,18,22H,13-16H2,1H3. The first-order chi connectivity index (χ1) is 15.7. The molecular formula is C25H24FN3O3. The van der Waals surface area contributed by atoms with E-state index in [0.717, 1.165) is 10.9 Å². The molecule has 1 aliphatic heterocycles. The Labute approximate surface area is 185 Å². The molecule has 2 aromatic carbocycles. The molecule has 1 saturated heterocycles. The van der Waals surface area contributed by atoms with Gasteiger partial charge in [0.05, 0.1) is 18.5 Å². The van der Waals surface area contributed by atoms with E-state index in [1.54, 1.807) is 18.2 Å². The Balaban J connectivity index is 1.58. The number of nitrogens with zero attached hydrogens (tertiary/aromatic N) is 3. The molecule has 2 unspecified atom stereocenters. The van der Waals surface area contributed by atoms with Crippen molar-refractivity contribution in [2.75, 3.05) is 25.2 Å². The number of rotatable bonds is 7. The summed E-state index contributed by atoms with van der Waals surface area (Å²) in [5.74, 6) is 1.11. The van der Waals surface area contributed by atoms with Crippen molar-refractivity contribution in [3.05, 3.63) is 72.6 Å². The van der Waals surface area contributed by atoms with Crippen LogP contribution in [0.15, 0.2) is 71.5 Å². The van der Waals surface area contributed by atoms with Crippen LogP contribution in [0, 0.1) is 5.92 Å². The molecule has 4 aromatic rings. The van der Waals surface area contributed by atoms with Gasteiger partial charge in [-0.1, -0.05) is 42.5 Å². The summed E-state index contributed by atoms with van der Waals surface area (Å²) >= 11 is 0. The van der Waals surface area contributed by atoms with Crippen molar-refractivity contribution >= 4 is 16.6 Å². The highest BCUT2D eigenvalue weighted by Crippen LogP contribution is 2.41. The number of pyridine rings is 1. The van der Waals surface area contributed by atoms with Crippen LogP contribution in [0.2, 0.25) is 0 Å². The highest BCUT2D eigenvalue weighted by atomic mass is 19.1. The van der Waals surface area contributed by atoms with Crippen LogP contribution in [0.5, 0.6) is 5.75 Å². The first-order valence-electron chi connectivity index (χ1n) is 10.6. The summed E-state index contributed by atoms with van der Waals surface area (Å²) in [4.78, 5) is 10.7. The molecule has 0 spiro atoms. The Morgan fingerprint density at radius 2 is 1.97 bits per heavy atom. The normalized spacial score (nSPS) is 18.4. The maximum Gasteiger partial charge on any atom is 0.245 e. The molecule has 7 heteroatoms. The number of ether oxygens (including phenoxy) is 2. The van der Waals surface area contributed by atoms with Gasteiger partial charge in [-0.05, 0) is 17.7 Å². The number of halogens is 1. The number of methoxy groups -OCH3 is 1. The van der Waals surface area contributed by atoms with Gasteiger partial charge in [0.1, 0.15) is 24.1 Å². The molecule has 1 fully saturated rings. The topological polar surface area (TPSA) is 60.6 Å². The molecule has 164 valence electrons. The molecule has 2 atom stereocenters. The number of fused-ring (bicyclic) bond motifs is 1. The summed E-state index contributed by atoms with van der Waals surface area (Å²) in [6, 6.07) is 17.6. The Morgan fingerprint density at radius 1 is 1.12 bits per heavy atom. The first kappa shape index (κ1) is 20.5. The summed E-state index contributed by atoms with van der Waals surface area (Å²) in [7, 11) is 1.65. The minimum atomic E-state index is -1.11. The average molecular weight is 433 g/mol. The minimum Gasteiger partial charge on any atom is -0.484 e. The van der Waals surface area contributed by atoms with Gasteiger partial charge in [0.15, 0.2) is 12.0 Å². The summed E-state index contributed by atoms with van der Waals surface area (Å²) in [6.45, 7) is 1.43. The third-order valence-corrected chi connectivity index (χ3v) is 5.71. The fourth-order valence-electron chi connectivity index (χ4n) is 4.19. The highest BCUT2D eigenvalue weighted by molar-refractivity contribution is 5.92. The van der Waals surface area contributed by atoms with Crippen molar-refractivity contribution in [1.29, 1.82) is 0 Å². The van der Waals surface area contributed by atoms with Crippen LogP contribution < -0.4 is 9.64 Å². The summed E-state index contributed by atoms with van der Waals surface area (Å²) in [6.07, 6.45) is 2.41. The summed E-state index contributed by atoms with van der Waals surface area (Å²) in [5, 5.41) is 0.898. The second-order valence-corrected chi connectivity index (χ2v) is 7.94. The fourth-order valence-corrected chi connectivity index (χ4v) is 4.19. The van der Waals surface area contributed by atoms with E-state index < -0.39 is 6.30 Å². The third-order valence-electron chi connectivity index (χ3n) is 5.71. The Bertz CT molecular complexity index is 1180. The van der Waals surface area contributed by atoms with Crippen LogP contribution in [0.3, 0.4) is 0 Å².